The molecular weight excluding hydrogens is 893 g/mol. The Balaban J connectivity index is 0.962. The second-order valence-electron chi connectivity index (χ2n) is 22.8. The molecule has 0 heterocycles. The first-order valence-corrected chi connectivity index (χ1v) is 29.3. The molecule has 8 aromatic carbocycles. The molecule has 0 radical (unpaired) electrons. The van der Waals surface area contributed by atoms with Crippen molar-refractivity contribution in [1.82, 2.24) is 0 Å². The van der Waals surface area contributed by atoms with E-state index in [4.69, 9.17) is 0 Å². The van der Waals surface area contributed by atoms with Crippen molar-refractivity contribution in [3.63, 3.8) is 0 Å². The van der Waals surface area contributed by atoms with Gasteiger partial charge in [-0.25, -0.2) is 0 Å². The smallest absolute Gasteiger partial charge is 0.0531 e. The van der Waals surface area contributed by atoms with Gasteiger partial charge in [-0.3, -0.25) is 0 Å². The number of hydrogen-bond donors (Lipinski definition) is 0. The first kappa shape index (κ1) is 45.9. The van der Waals surface area contributed by atoms with Crippen LogP contribution in [-0.4, -0.2) is 0 Å². The van der Waals surface area contributed by atoms with Gasteiger partial charge in [-0.1, -0.05) is 97.1 Å². The lowest BCUT2D eigenvalue weighted by Gasteiger charge is -2.38. The highest BCUT2D eigenvalue weighted by Gasteiger charge is 2.34. The molecular formula is C72H72N2. The summed E-state index contributed by atoms with van der Waals surface area (Å²) in [6, 6.07) is 56.9. The molecule has 2 heteroatoms. The van der Waals surface area contributed by atoms with Crippen molar-refractivity contribution in [1.29, 1.82) is 0 Å². The molecule has 8 aromatic rings. The summed E-state index contributed by atoms with van der Waals surface area (Å²) >= 11 is 0. The van der Waals surface area contributed by atoms with E-state index in [2.05, 4.69) is 155 Å². The number of para-hydroxylation sites is 1. The van der Waals surface area contributed by atoms with E-state index >= 15 is 0 Å². The first-order valence-electron chi connectivity index (χ1n) is 29.3. The molecule has 6 aliphatic carbocycles. The van der Waals surface area contributed by atoms with E-state index in [0.717, 1.165) is 51.4 Å². The van der Waals surface area contributed by atoms with Crippen LogP contribution < -0.4 is 9.80 Å². The Morgan fingerprint density at radius 3 is 0.838 bits per heavy atom. The van der Waals surface area contributed by atoms with Crippen LogP contribution in [0.15, 0.2) is 146 Å². The molecule has 74 heavy (non-hydrogen) atoms. The lowest BCUT2D eigenvalue weighted by atomic mass is 9.75. The number of rotatable bonds is 9. The summed E-state index contributed by atoms with van der Waals surface area (Å²) in [6.07, 6.45) is 29.3. The number of nitrogens with zero attached hydrogens (tertiary/aromatic N) is 2. The predicted octanol–water partition coefficient (Wildman–Crippen LogP) is 18.9. The number of hydrogen-bond acceptors (Lipinski definition) is 2. The van der Waals surface area contributed by atoms with E-state index in [1.807, 2.05) is 0 Å². The van der Waals surface area contributed by atoms with E-state index in [9.17, 15) is 0 Å². The van der Waals surface area contributed by atoms with E-state index in [0.29, 0.717) is 0 Å². The molecule has 0 amide bonds. The van der Waals surface area contributed by atoms with Gasteiger partial charge >= 0.3 is 0 Å². The maximum absolute atomic E-state index is 2.75. The minimum Gasteiger partial charge on any atom is -0.310 e. The first-order chi connectivity index (χ1) is 36.8. The van der Waals surface area contributed by atoms with Gasteiger partial charge in [0.25, 0.3) is 0 Å². The molecule has 6 aliphatic rings. The topological polar surface area (TPSA) is 6.48 Å². The Morgan fingerprint density at radius 2 is 0.473 bits per heavy atom. The van der Waals surface area contributed by atoms with Gasteiger partial charge in [0.15, 0.2) is 0 Å². The van der Waals surface area contributed by atoms with Crippen molar-refractivity contribution in [2.75, 3.05) is 9.80 Å². The molecule has 0 aromatic heterocycles. The largest absolute Gasteiger partial charge is 0.310 e. The van der Waals surface area contributed by atoms with Crippen molar-refractivity contribution in [3.8, 4) is 33.4 Å². The average molecular weight is 965 g/mol. The molecule has 0 atom stereocenters. The number of anilines is 6. The maximum Gasteiger partial charge on any atom is 0.0531 e. The third kappa shape index (κ3) is 8.05. The molecule has 0 bridgehead atoms. The zero-order valence-corrected chi connectivity index (χ0v) is 43.7. The van der Waals surface area contributed by atoms with Crippen molar-refractivity contribution in [2.24, 2.45) is 0 Å². The Hall–Kier alpha value is -6.64. The van der Waals surface area contributed by atoms with Gasteiger partial charge in [-0.05, 0) is 303 Å². The highest BCUT2D eigenvalue weighted by atomic mass is 15.2. The Kier molecular flexibility index (Phi) is 12.4. The molecule has 14 rings (SSSR count). The van der Waals surface area contributed by atoms with Crippen molar-refractivity contribution in [3.05, 3.63) is 212 Å². The normalized spacial score (nSPS) is 16.7. The summed E-state index contributed by atoms with van der Waals surface area (Å²) in [5.74, 6) is 0. The minimum absolute atomic E-state index is 1.13. The summed E-state index contributed by atoms with van der Waals surface area (Å²) in [5.41, 5.74) is 36.3. The predicted molar refractivity (Wildman–Crippen MR) is 312 cm³/mol. The Morgan fingerprint density at radius 1 is 0.216 bits per heavy atom. The van der Waals surface area contributed by atoms with Crippen LogP contribution in [-0.2, 0) is 77.0 Å². The minimum atomic E-state index is 1.13. The van der Waals surface area contributed by atoms with Crippen molar-refractivity contribution < 1.29 is 0 Å². The van der Waals surface area contributed by atoms with E-state index in [-0.39, 0.29) is 0 Å². The van der Waals surface area contributed by atoms with Crippen LogP contribution in [0.25, 0.3) is 33.4 Å². The van der Waals surface area contributed by atoms with Crippen LogP contribution in [0.2, 0.25) is 0 Å². The molecule has 2 nitrogen and oxygen atoms in total. The van der Waals surface area contributed by atoms with Gasteiger partial charge in [0.2, 0.25) is 0 Å². The average Bonchev–Trinajstić information content (AvgIpc) is 3.47. The molecule has 0 unspecified atom stereocenters. The quantitative estimate of drug-likeness (QED) is 0.142. The van der Waals surface area contributed by atoms with Crippen molar-refractivity contribution >= 4 is 34.1 Å². The van der Waals surface area contributed by atoms with Gasteiger partial charge in [-0.2, -0.15) is 0 Å². The third-order valence-electron chi connectivity index (χ3n) is 18.6. The van der Waals surface area contributed by atoms with Crippen LogP contribution in [0.3, 0.4) is 0 Å². The van der Waals surface area contributed by atoms with Crippen LogP contribution in [0.4, 0.5) is 34.1 Å². The number of fused-ring (bicyclic) bond motifs is 6. The van der Waals surface area contributed by atoms with E-state index in [1.54, 1.807) is 83.5 Å². The molecule has 0 saturated carbocycles. The third-order valence-corrected chi connectivity index (χ3v) is 18.6. The SMILES string of the molecule is c1ccc(-c2c3c(c(N(c4ccccc4)c4ccc(N(c5ccc(-c6c7c(cc8c6CCCC8)CCCC7)cc5)c5c6c(c(-c7ccccc7)c7c5CCCC7)CCCC6)cc4)c4c2CCCC4)CCCC3)cc1. The van der Waals surface area contributed by atoms with Crippen molar-refractivity contribution in [2.45, 2.75) is 154 Å². The second-order valence-corrected chi connectivity index (χ2v) is 22.8. The lowest BCUT2D eigenvalue weighted by Crippen LogP contribution is -2.22. The summed E-state index contributed by atoms with van der Waals surface area (Å²) in [5, 5.41) is 0. The zero-order chi connectivity index (χ0) is 49.0. The summed E-state index contributed by atoms with van der Waals surface area (Å²) in [4.78, 5) is 5.43. The lowest BCUT2D eigenvalue weighted by molar-refractivity contribution is 0.660. The summed E-state index contributed by atoms with van der Waals surface area (Å²) < 4.78 is 0. The Labute approximate surface area is 441 Å². The molecule has 370 valence electrons. The highest BCUT2D eigenvalue weighted by molar-refractivity contribution is 5.92. The second kappa shape index (κ2) is 19.9. The monoisotopic (exact) mass is 965 g/mol. The maximum atomic E-state index is 2.75. The highest BCUT2D eigenvalue weighted by Crippen LogP contribution is 2.53. The molecule has 0 saturated heterocycles. The Bertz CT molecular complexity index is 3260. The molecule has 0 spiro atoms. The van der Waals surface area contributed by atoms with Crippen LogP contribution in [0.5, 0.6) is 0 Å². The molecule has 0 aliphatic heterocycles. The van der Waals surface area contributed by atoms with E-state index < -0.39 is 0 Å². The standard InChI is InChI=1S/C72H72N2/c1-4-22-49(23-5-1)69-60-32-14-18-36-64(60)71(65-37-19-15-33-61(65)69)73(54-28-8-3-9-29-54)56-44-46-57(47-45-56)74(55-42-40-51(41-43-55)68-58-30-12-10-26-52(58)48-53-27-11-13-31-59(53)68)72-66-38-20-16-34-62(66)70(50-24-6-2-7-25-50)63-35-17-21-39-67(63)72/h1-9,22-25,28-29,40-48H,10-21,26-27,30-39H2. The van der Waals surface area contributed by atoms with Crippen LogP contribution in [0.1, 0.15) is 144 Å². The fraction of sp³-hybridized carbons (Fsp3) is 0.333. The zero-order valence-electron chi connectivity index (χ0n) is 43.7. The number of aryl methyl sites for hydroxylation is 2. The summed E-state index contributed by atoms with van der Waals surface area (Å²) in [6.45, 7) is 0. The van der Waals surface area contributed by atoms with Crippen LogP contribution in [0, 0.1) is 0 Å². The fourth-order valence-electron chi connectivity index (χ4n) is 15.4. The fourth-order valence-corrected chi connectivity index (χ4v) is 15.4. The van der Waals surface area contributed by atoms with Gasteiger partial charge in [0, 0.05) is 22.7 Å². The summed E-state index contributed by atoms with van der Waals surface area (Å²) in [7, 11) is 0. The number of benzene rings is 8. The molecule has 0 fully saturated rings. The van der Waals surface area contributed by atoms with Gasteiger partial charge in [0.05, 0.1) is 11.4 Å². The van der Waals surface area contributed by atoms with Gasteiger partial charge < -0.3 is 9.80 Å². The van der Waals surface area contributed by atoms with Gasteiger partial charge in [0.1, 0.15) is 0 Å². The molecule has 0 N–H and O–H groups in total. The van der Waals surface area contributed by atoms with Gasteiger partial charge in [-0.15, -0.1) is 0 Å². The van der Waals surface area contributed by atoms with E-state index in [1.165, 1.54) is 154 Å². The van der Waals surface area contributed by atoms with Crippen LogP contribution >= 0.6 is 0 Å².